The van der Waals surface area contributed by atoms with Gasteiger partial charge in [-0.3, -0.25) is 14.6 Å². The maximum Gasteiger partial charge on any atom is 0.257 e. The lowest BCUT2D eigenvalue weighted by Crippen LogP contribution is -2.15. The molecule has 7 heteroatoms. The predicted octanol–water partition coefficient (Wildman–Crippen LogP) is 3.77. The van der Waals surface area contributed by atoms with Crippen LogP contribution >= 0.6 is 0 Å². The Labute approximate surface area is 169 Å². The van der Waals surface area contributed by atoms with Gasteiger partial charge < -0.3 is 19.9 Å². The zero-order chi connectivity index (χ0) is 21.0. The van der Waals surface area contributed by atoms with Gasteiger partial charge >= 0.3 is 0 Å². The van der Waals surface area contributed by atoms with Gasteiger partial charge in [-0.25, -0.2) is 0 Å². The molecule has 0 bridgehead atoms. The number of carbonyl (C=O) groups excluding carboxylic acids is 2. The lowest BCUT2D eigenvalue weighted by Gasteiger charge is -2.13. The second-order valence-electron chi connectivity index (χ2n) is 6.74. The average molecular weight is 392 g/mol. The van der Waals surface area contributed by atoms with Gasteiger partial charge in [-0.15, -0.1) is 0 Å². The number of aromatic nitrogens is 2. The first-order valence-electron chi connectivity index (χ1n) is 9.22. The van der Waals surface area contributed by atoms with Crippen LogP contribution in [0.3, 0.4) is 0 Å². The van der Waals surface area contributed by atoms with Gasteiger partial charge in [0.2, 0.25) is 5.91 Å². The van der Waals surface area contributed by atoms with Crippen molar-refractivity contribution in [1.82, 2.24) is 9.55 Å². The Hall–Kier alpha value is -3.61. The number of rotatable bonds is 6. The Balaban J connectivity index is 1.86. The van der Waals surface area contributed by atoms with Gasteiger partial charge in [-0.1, -0.05) is 6.07 Å². The minimum atomic E-state index is -0.247. The number of anilines is 2. The summed E-state index contributed by atoms with van der Waals surface area (Å²) >= 11 is 0. The molecule has 0 unspecified atom stereocenters. The molecule has 0 aliphatic heterocycles. The Morgan fingerprint density at radius 1 is 1.10 bits per heavy atom. The average Bonchev–Trinajstić information content (AvgIpc) is 2.97. The Kier molecular flexibility index (Phi) is 5.97. The van der Waals surface area contributed by atoms with Gasteiger partial charge in [-0.2, -0.15) is 0 Å². The van der Waals surface area contributed by atoms with Crippen molar-refractivity contribution in [1.29, 1.82) is 0 Å². The second-order valence-corrected chi connectivity index (χ2v) is 6.74. The van der Waals surface area contributed by atoms with Crippen molar-refractivity contribution >= 4 is 23.2 Å². The van der Waals surface area contributed by atoms with Crippen LogP contribution in [0, 0.1) is 13.8 Å². The van der Waals surface area contributed by atoms with Crippen molar-refractivity contribution in [3.63, 3.8) is 0 Å². The molecule has 7 nitrogen and oxygen atoms in total. The van der Waals surface area contributed by atoms with E-state index in [9.17, 15) is 9.59 Å². The summed E-state index contributed by atoms with van der Waals surface area (Å²) in [5.41, 5.74) is 4.38. The molecule has 2 aromatic heterocycles. The molecule has 0 fully saturated rings. The molecule has 2 amide bonds. The Morgan fingerprint density at radius 3 is 2.55 bits per heavy atom. The molecule has 0 aliphatic carbocycles. The third-order valence-electron chi connectivity index (χ3n) is 4.63. The smallest absolute Gasteiger partial charge is 0.257 e. The van der Waals surface area contributed by atoms with Crippen molar-refractivity contribution < 1.29 is 14.3 Å². The molecule has 0 atom stereocenters. The van der Waals surface area contributed by atoms with E-state index in [-0.39, 0.29) is 11.8 Å². The zero-order valence-electron chi connectivity index (χ0n) is 16.9. The first kappa shape index (κ1) is 20.1. The molecule has 2 N–H and O–H groups in total. The number of hydrogen-bond donors (Lipinski definition) is 2. The normalized spacial score (nSPS) is 10.5. The fourth-order valence-electron chi connectivity index (χ4n) is 3.20. The van der Waals surface area contributed by atoms with E-state index < -0.39 is 0 Å². The standard InChI is InChI=1S/C22H24N4O3/c1-14-11-19(15(2)26(14)13-18-7-5-6-10-23-18)22(28)25-20-12-17(24-16(3)27)8-9-21(20)29-4/h5-12H,13H2,1-4H3,(H,24,27)(H,25,28). The van der Waals surface area contributed by atoms with E-state index in [2.05, 4.69) is 20.2 Å². The molecule has 150 valence electrons. The van der Waals surface area contributed by atoms with Crippen LogP contribution in [0.5, 0.6) is 5.75 Å². The minimum absolute atomic E-state index is 0.189. The van der Waals surface area contributed by atoms with E-state index in [0.717, 1.165) is 17.1 Å². The van der Waals surface area contributed by atoms with Crippen LogP contribution in [0.15, 0.2) is 48.7 Å². The number of nitrogens with zero attached hydrogens (tertiary/aromatic N) is 2. The first-order valence-corrected chi connectivity index (χ1v) is 9.22. The highest BCUT2D eigenvalue weighted by Crippen LogP contribution is 2.29. The fourth-order valence-corrected chi connectivity index (χ4v) is 3.20. The fraction of sp³-hybridized carbons (Fsp3) is 0.227. The monoisotopic (exact) mass is 392 g/mol. The van der Waals surface area contributed by atoms with Crippen LogP contribution in [0.4, 0.5) is 11.4 Å². The van der Waals surface area contributed by atoms with E-state index in [1.807, 2.05) is 38.1 Å². The molecule has 0 saturated heterocycles. The zero-order valence-corrected chi connectivity index (χ0v) is 16.9. The molecule has 0 aliphatic rings. The maximum absolute atomic E-state index is 13.0. The third-order valence-corrected chi connectivity index (χ3v) is 4.63. The van der Waals surface area contributed by atoms with Crippen LogP contribution in [-0.4, -0.2) is 28.5 Å². The molecule has 0 spiro atoms. The topological polar surface area (TPSA) is 85.3 Å². The van der Waals surface area contributed by atoms with Crippen LogP contribution in [0.25, 0.3) is 0 Å². The molecule has 1 aromatic carbocycles. The number of methoxy groups -OCH3 is 1. The highest BCUT2D eigenvalue weighted by molar-refractivity contribution is 6.06. The minimum Gasteiger partial charge on any atom is -0.495 e. The van der Waals surface area contributed by atoms with Crippen molar-refractivity contribution in [2.45, 2.75) is 27.3 Å². The Morgan fingerprint density at radius 2 is 1.90 bits per heavy atom. The molecule has 0 saturated carbocycles. The van der Waals surface area contributed by atoms with Gasteiger partial charge in [0.25, 0.3) is 5.91 Å². The first-order chi connectivity index (χ1) is 13.9. The molecule has 3 rings (SSSR count). The van der Waals surface area contributed by atoms with Gasteiger partial charge in [0, 0.05) is 30.2 Å². The van der Waals surface area contributed by atoms with Gasteiger partial charge in [0.1, 0.15) is 5.75 Å². The quantitative estimate of drug-likeness (QED) is 0.669. The van der Waals surface area contributed by atoms with Crippen molar-refractivity contribution in [3.8, 4) is 5.75 Å². The maximum atomic E-state index is 13.0. The summed E-state index contributed by atoms with van der Waals surface area (Å²) in [6.45, 7) is 5.90. The molecule has 29 heavy (non-hydrogen) atoms. The van der Waals surface area contributed by atoms with Gasteiger partial charge in [0.05, 0.1) is 30.6 Å². The molecular formula is C22H24N4O3. The SMILES string of the molecule is COc1ccc(NC(C)=O)cc1NC(=O)c1cc(C)n(Cc2ccccn2)c1C. The lowest BCUT2D eigenvalue weighted by atomic mass is 10.2. The molecular weight excluding hydrogens is 368 g/mol. The summed E-state index contributed by atoms with van der Waals surface area (Å²) in [4.78, 5) is 28.7. The third kappa shape index (κ3) is 4.63. The summed E-state index contributed by atoms with van der Waals surface area (Å²) in [6, 6.07) is 12.7. The number of benzene rings is 1. The number of amides is 2. The number of hydrogen-bond acceptors (Lipinski definition) is 4. The van der Waals surface area contributed by atoms with E-state index >= 15 is 0 Å². The van der Waals surface area contributed by atoms with Crippen LogP contribution < -0.4 is 15.4 Å². The summed E-state index contributed by atoms with van der Waals surface area (Å²) in [5, 5.41) is 5.60. The highest BCUT2D eigenvalue weighted by Gasteiger charge is 2.18. The number of ether oxygens (including phenoxy) is 1. The van der Waals surface area contributed by atoms with E-state index in [4.69, 9.17) is 4.74 Å². The highest BCUT2D eigenvalue weighted by atomic mass is 16.5. The molecule has 0 radical (unpaired) electrons. The van der Waals surface area contributed by atoms with Gasteiger partial charge in [0.15, 0.2) is 0 Å². The van der Waals surface area contributed by atoms with E-state index in [1.54, 1.807) is 24.4 Å². The largest absolute Gasteiger partial charge is 0.495 e. The van der Waals surface area contributed by atoms with Crippen molar-refractivity contribution in [2.75, 3.05) is 17.7 Å². The summed E-state index contributed by atoms with van der Waals surface area (Å²) < 4.78 is 7.40. The van der Waals surface area contributed by atoms with Crippen molar-refractivity contribution in [2.24, 2.45) is 0 Å². The number of carbonyl (C=O) groups is 2. The van der Waals surface area contributed by atoms with E-state index in [1.165, 1.54) is 14.0 Å². The number of aryl methyl sites for hydroxylation is 1. The van der Waals surface area contributed by atoms with Crippen LogP contribution in [0.2, 0.25) is 0 Å². The van der Waals surface area contributed by atoms with E-state index in [0.29, 0.717) is 29.2 Å². The Bertz CT molecular complexity index is 1040. The van der Waals surface area contributed by atoms with Crippen molar-refractivity contribution in [3.05, 3.63) is 71.3 Å². The van der Waals surface area contributed by atoms with Crippen LogP contribution in [0.1, 0.15) is 34.4 Å². The number of nitrogens with one attached hydrogen (secondary N) is 2. The number of pyridine rings is 1. The predicted molar refractivity (Wildman–Crippen MR) is 112 cm³/mol. The lowest BCUT2D eigenvalue weighted by molar-refractivity contribution is -0.114. The molecule has 3 aromatic rings. The summed E-state index contributed by atoms with van der Waals surface area (Å²) in [6.07, 6.45) is 1.76. The second kappa shape index (κ2) is 8.60. The summed E-state index contributed by atoms with van der Waals surface area (Å²) in [5.74, 6) is 0.0731. The van der Waals surface area contributed by atoms with Crippen LogP contribution in [-0.2, 0) is 11.3 Å². The van der Waals surface area contributed by atoms with Gasteiger partial charge in [-0.05, 0) is 50.2 Å². The molecule has 2 heterocycles. The summed E-state index contributed by atoms with van der Waals surface area (Å²) in [7, 11) is 1.53.